The highest BCUT2D eigenvalue weighted by molar-refractivity contribution is 5.77. The van der Waals surface area contributed by atoms with Crippen molar-refractivity contribution in [1.29, 1.82) is 0 Å². The van der Waals surface area contributed by atoms with E-state index in [1.807, 2.05) is 0 Å². The van der Waals surface area contributed by atoms with Crippen molar-refractivity contribution in [3.05, 3.63) is 0 Å². The molecule has 3 N–H and O–H groups in total. The zero-order valence-electron chi connectivity index (χ0n) is 13.7. The zero-order valence-corrected chi connectivity index (χ0v) is 13.7. The quantitative estimate of drug-likeness (QED) is 0.409. The van der Waals surface area contributed by atoms with E-state index < -0.39 is 0 Å². The van der Waals surface area contributed by atoms with Crippen LogP contribution in [0.2, 0.25) is 0 Å². The van der Waals surface area contributed by atoms with Crippen LogP contribution in [0.25, 0.3) is 0 Å². The number of rotatable bonds is 8. The Morgan fingerprint density at radius 3 is 2.50 bits per heavy atom. The van der Waals surface area contributed by atoms with Crippen LogP contribution in [0.4, 0.5) is 0 Å². The van der Waals surface area contributed by atoms with Crippen LogP contribution in [0, 0.1) is 0 Å². The molecule has 20 heavy (non-hydrogen) atoms. The minimum absolute atomic E-state index is 0.120. The Hall–Kier alpha value is -0.770. The zero-order chi connectivity index (χ0) is 14.8. The summed E-state index contributed by atoms with van der Waals surface area (Å²) in [6.07, 6.45) is 9.04. The fourth-order valence-corrected chi connectivity index (χ4v) is 2.70. The number of nitrogens with two attached hydrogens (primary N) is 1. The molecule has 0 aliphatic carbocycles. The molecule has 0 spiro atoms. The molecule has 0 amide bonds. The molecule has 4 heteroatoms. The van der Waals surface area contributed by atoms with Gasteiger partial charge in [0.1, 0.15) is 0 Å². The SMILES string of the molecule is CCCCCCNC(N)=NCC(C)(C)N1CCCCC1. The van der Waals surface area contributed by atoms with Crippen LogP contribution in [-0.4, -0.2) is 42.6 Å². The van der Waals surface area contributed by atoms with Gasteiger partial charge >= 0.3 is 0 Å². The van der Waals surface area contributed by atoms with E-state index in [2.05, 4.69) is 36.0 Å². The van der Waals surface area contributed by atoms with E-state index in [1.54, 1.807) is 0 Å². The molecular formula is C16H34N4. The summed E-state index contributed by atoms with van der Waals surface area (Å²) in [6, 6.07) is 0. The number of piperidine rings is 1. The maximum Gasteiger partial charge on any atom is 0.188 e. The third-order valence-corrected chi connectivity index (χ3v) is 4.18. The van der Waals surface area contributed by atoms with Gasteiger partial charge < -0.3 is 11.1 Å². The Kier molecular flexibility index (Phi) is 7.97. The Morgan fingerprint density at radius 2 is 1.85 bits per heavy atom. The highest BCUT2D eigenvalue weighted by atomic mass is 15.2. The molecule has 4 nitrogen and oxygen atoms in total. The van der Waals surface area contributed by atoms with Gasteiger partial charge in [-0.2, -0.15) is 0 Å². The van der Waals surface area contributed by atoms with Crippen LogP contribution in [0.3, 0.4) is 0 Å². The molecule has 0 atom stereocenters. The number of guanidine groups is 1. The van der Waals surface area contributed by atoms with Crippen molar-refractivity contribution in [2.24, 2.45) is 10.7 Å². The smallest absolute Gasteiger partial charge is 0.188 e. The highest BCUT2D eigenvalue weighted by Gasteiger charge is 2.27. The van der Waals surface area contributed by atoms with Crippen molar-refractivity contribution in [2.45, 2.75) is 71.3 Å². The molecular weight excluding hydrogens is 248 g/mol. The molecule has 1 fully saturated rings. The van der Waals surface area contributed by atoms with Gasteiger partial charge in [0.25, 0.3) is 0 Å². The number of likely N-dealkylation sites (tertiary alicyclic amines) is 1. The number of nitrogens with zero attached hydrogens (tertiary/aromatic N) is 2. The maximum atomic E-state index is 5.95. The van der Waals surface area contributed by atoms with Crippen molar-refractivity contribution < 1.29 is 0 Å². The molecule has 0 radical (unpaired) electrons. The summed E-state index contributed by atoms with van der Waals surface area (Å²) in [6.45, 7) is 10.9. The minimum atomic E-state index is 0.120. The van der Waals surface area contributed by atoms with Gasteiger partial charge in [0.05, 0.1) is 6.54 Å². The van der Waals surface area contributed by atoms with Crippen LogP contribution in [0.15, 0.2) is 4.99 Å². The number of hydrogen-bond acceptors (Lipinski definition) is 2. The van der Waals surface area contributed by atoms with E-state index in [0.717, 1.165) is 13.1 Å². The van der Waals surface area contributed by atoms with Gasteiger partial charge in [-0.25, -0.2) is 0 Å². The van der Waals surface area contributed by atoms with E-state index in [0.29, 0.717) is 5.96 Å². The Bertz CT molecular complexity index is 280. The number of hydrogen-bond donors (Lipinski definition) is 2. The first-order chi connectivity index (χ1) is 9.56. The molecule has 1 rings (SSSR count). The maximum absolute atomic E-state index is 5.95. The fraction of sp³-hybridized carbons (Fsp3) is 0.938. The van der Waals surface area contributed by atoms with E-state index in [-0.39, 0.29) is 5.54 Å². The number of aliphatic imine (C=N–C) groups is 1. The summed E-state index contributed by atoms with van der Waals surface area (Å²) in [7, 11) is 0. The largest absolute Gasteiger partial charge is 0.370 e. The van der Waals surface area contributed by atoms with E-state index in [9.17, 15) is 0 Å². The summed E-state index contributed by atoms with van der Waals surface area (Å²) in [5.74, 6) is 0.603. The average molecular weight is 282 g/mol. The summed E-state index contributed by atoms with van der Waals surface area (Å²) in [5.41, 5.74) is 6.07. The Labute approximate surface area is 125 Å². The molecule has 0 unspecified atom stereocenters. The van der Waals surface area contributed by atoms with Crippen molar-refractivity contribution in [2.75, 3.05) is 26.2 Å². The molecule has 118 valence electrons. The van der Waals surface area contributed by atoms with Gasteiger partial charge in [-0.15, -0.1) is 0 Å². The Morgan fingerprint density at radius 1 is 1.15 bits per heavy atom. The average Bonchev–Trinajstić information content (AvgIpc) is 2.46. The van der Waals surface area contributed by atoms with Gasteiger partial charge in [0, 0.05) is 12.1 Å². The number of unbranched alkanes of at least 4 members (excludes halogenated alkanes) is 3. The monoisotopic (exact) mass is 282 g/mol. The van der Waals surface area contributed by atoms with Gasteiger partial charge in [0.2, 0.25) is 0 Å². The van der Waals surface area contributed by atoms with E-state index in [4.69, 9.17) is 5.73 Å². The summed E-state index contributed by atoms with van der Waals surface area (Å²) in [4.78, 5) is 7.08. The third kappa shape index (κ3) is 6.60. The first-order valence-corrected chi connectivity index (χ1v) is 8.35. The van der Waals surface area contributed by atoms with Gasteiger partial charge in [0.15, 0.2) is 5.96 Å². The summed E-state index contributed by atoms with van der Waals surface area (Å²) < 4.78 is 0. The normalized spacial score (nSPS) is 18.2. The molecule has 1 aliphatic heterocycles. The van der Waals surface area contributed by atoms with Crippen molar-refractivity contribution in [3.8, 4) is 0 Å². The third-order valence-electron chi connectivity index (χ3n) is 4.18. The lowest BCUT2D eigenvalue weighted by Gasteiger charge is -2.40. The Balaban J connectivity index is 2.25. The lowest BCUT2D eigenvalue weighted by atomic mass is 9.99. The molecule has 1 saturated heterocycles. The van der Waals surface area contributed by atoms with Crippen molar-refractivity contribution >= 4 is 5.96 Å². The molecule has 0 aromatic rings. The van der Waals surface area contributed by atoms with E-state index in [1.165, 1.54) is 58.0 Å². The van der Waals surface area contributed by atoms with Crippen molar-refractivity contribution in [1.82, 2.24) is 10.2 Å². The predicted molar refractivity (Wildman–Crippen MR) is 88.1 cm³/mol. The summed E-state index contributed by atoms with van der Waals surface area (Å²) in [5, 5.41) is 3.23. The first kappa shape index (κ1) is 17.3. The van der Waals surface area contributed by atoms with E-state index >= 15 is 0 Å². The minimum Gasteiger partial charge on any atom is -0.370 e. The van der Waals surface area contributed by atoms with Gasteiger partial charge in [-0.1, -0.05) is 32.6 Å². The van der Waals surface area contributed by atoms with Crippen molar-refractivity contribution in [3.63, 3.8) is 0 Å². The van der Waals surface area contributed by atoms with Crippen LogP contribution >= 0.6 is 0 Å². The molecule has 0 saturated carbocycles. The highest BCUT2D eigenvalue weighted by Crippen LogP contribution is 2.20. The first-order valence-electron chi connectivity index (χ1n) is 8.35. The topological polar surface area (TPSA) is 53.6 Å². The van der Waals surface area contributed by atoms with Gasteiger partial charge in [-0.3, -0.25) is 9.89 Å². The second kappa shape index (κ2) is 9.22. The van der Waals surface area contributed by atoms with Gasteiger partial charge in [-0.05, 0) is 46.2 Å². The molecule has 1 heterocycles. The molecule has 0 aromatic heterocycles. The molecule has 0 bridgehead atoms. The fourth-order valence-electron chi connectivity index (χ4n) is 2.70. The molecule has 0 aromatic carbocycles. The van der Waals surface area contributed by atoms with Crippen LogP contribution in [-0.2, 0) is 0 Å². The standard InChI is InChI=1S/C16H34N4/c1-4-5-6-8-11-18-15(17)19-14-16(2,3)20-12-9-7-10-13-20/h4-14H2,1-3H3,(H3,17,18,19). The van der Waals surface area contributed by atoms with Crippen LogP contribution in [0.1, 0.15) is 65.7 Å². The van der Waals surface area contributed by atoms with Crippen LogP contribution < -0.4 is 11.1 Å². The predicted octanol–water partition coefficient (Wildman–Crippen LogP) is 2.74. The van der Waals surface area contributed by atoms with Crippen LogP contribution in [0.5, 0.6) is 0 Å². The number of nitrogens with one attached hydrogen (secondary N) is 1. The lowest BCUT2D eigenvalue weighted by Crippen LogP contribution is -2.49. The molecule has 1 aliphatic rings. The summed E-state index contributed by atoms with van der Waals surface area (Å²) >= 11 is 0. The lowest BCUT2D eigenvalue weighted by molar-refractivity contribution is 0.102. The second-order valence-electron chi connectivity index (χ2n) is 6.55. The second-order valence-corrected chi connectivity index (χ2v) is 6.55.